The van der Waals surface area contributed by atoms with Crippen LogP contribution in [0.3, 0.4) is 0 Å². The molecule has 6 heteroatoms. The van der Waals surface area contributed by atoms with Gasteiger partial charge in [0.05, 0.1) is 17.1 Å². The molecule has 0 aliphatic carbocycles. The van der Waals surface area contributed by atoms with Gasteiger partial charge in [0.1, 0.15) is 6.04 Å². The Labute approximate surface area is 123 Å². The quantitative estimate of drug-likeness (QED) is 0.886. The van der Waals surface area contributed by atoms with Gasteiger partial charge in [0.25, 0.3) is 0 Å². The molecule has 0 aromatic carbocycles. The van der Waals surface area contributed by atoms with Crippen LogP contribution in [0, 0.1) is 0 Å². The van der Waals surface area contributed by atoms with Crippen LogP contribution in [0.2, 0.25) is 0 Å². The summed E-state index contributed by atoms with van der Waals surface area (Å²) < 4.78 is 0. The van der Waals surface area contributed by atoms with E-state index in [9.17, 15) is 9.59 Å². The van der Waals surface area contributed by atoms with E-state index in [-0.39, 0.29) is 18.2 Å². The molecule has 1 aromatic rings. The number of thiazole rings is 1. The molecule has 1 aromatic heterocycles. The van der Waals surface area contributed by atoms with Crippen LogP contribution < -0.4 is 10.6 Å². The predicted octanol–water partition coefficient (Wildman–Crippen LogP) is 1.59. The van der Waals surface area contributed by atoms with E-state index in [1.807, 2.05) is 5.38 Å². The number of hydrogen-bond acceptors (Lipinski definition) is 4. The van der Waals surface area contributed by atoms with Crippen molar-refractivity contribution in [2.24, 2.45) is 0 Å². The number of carbonyl (C=O) groups excluding carboxylic acids is 2. The zero-order valence-corrected chi connectivity index (χ0v) is 12.8. The molecule has 1 atom stereocenters. The van der Waals surface area contributed by atoms with Crippen LogP contribution in [0.25, 0.3) is 0 Å². The lowest BCUT2D eigenvalue weighted by atomic mass is 10.1. The van der Waals surface area contributed by atoms with E-state index in [2.05, 4.69) is 29.5 Å². The maximum atomic E-state index is 12.0. The average Bonchev–Trinajstić information content (AvgIpc) is 2.76. The minimum atomic E-state index is -0.395. The summed E-state index contributed by atoms with van der Waals surface area (Å²) in [6, 6.07) is -0.395. The van der Waals surface area contributed by atoms with Gasteiger partial charge >= 0.3 is 0 Å². The van der Waals surface area contributed by atoms with Crippen LogP contribution in [-0.2, 0) is 16.0 Å². The zero-order valence-electron chi connectivity index (χ0n) is 11.9. The van der Waals surface area contributed by atoms with Gasteiger partial charge in [-0.05, 0) is 19.3 Å². The second-order valence-electron chi connectivity index (χ2n) is 5.42. The first kappa shape index (κ1) is 15.0. The Morgan fingerprint density at radius 2 is 2.35 bits per heavy atom. The summed E-state index contributed by atoms with van der Waals surface area (Å²) in [6.45, 7) is 4.87. The Hall–Kier alpha value is -1.43. The van der Waals surface area contributed by atoms with Gasteiger partial charge in [0.2, 0.25) is 11.8 Å². The minimum absolute atomic E-state index is 0.0722. The van der Waals surface area contributed by atoms with Gasteiger partial charge < -0.3 is 10.6 Å². The summed E-state index contributed by atoms with van der Waals surface area (Å²) in [6.07, 6.45) is 2.89. The molecular formula is C14H21N3O2S. The third kappa shape index (κ3) is 4.03. The summed E-state index contributed by atoms with van der Waals surface area (Å²) in [4.78, 5) is 28.2. The molecule has 2 heterocycles. The van der Waals surface area contributed by atoms with Crippen molar-refractivity contribution in [3.05, 3.63) is 16.1 Å². The summed E-state index contributed by atoms with van der Waals surface area (Å²) in [5.41, 5.74) is 0.783. The number of amides is 2. The molecular weight excluding hydrogens is 274 g/mol. The third-order valence-corrected chi connectivity index (χ3v) is 4.47. The predicted molar refractivity (Wildman–Crippen MR) is 78.7 cm³/mol. The normalized spacial score (nSPS) is 19.6. The number of hydrogen-bond donors (Lipinski definition) is 2. The highest BCUT2D eigenvalue weighted by atomic mass is 32.1. The molecule has 1 aliphatic rings. The zero-order chi connectivity index (χ0) is 14.5. The first-order valence-corrected chi connectivity index (χ1v) is 7.95. The number of rotatable bonds is 4. The molecule has 1 saturated heterocycles. The molecule has 0 radical (unpaired) electrons. The molecule has 1 aliphatic heterocycles. The lowest BCUT2D eigenvalue weighted by molar-refractivity contribution is -0.128. The molecule has 110 valence electrons. The van der Waals surface area contributed by atoms with Crippen LogP contribution in [0.1, 0.15) is 49.7 Å². The van der Waals surface area contributed by atoms with Crippen LogP contribution in [0.4, 0.5) is 0 Å². The van der Waals surface area contributed by atoms with Crippen LogP contribution in [0.5, 0.6) is 0 Å². The second-order valence-corrected chi connectivity index (χ2v) is 6.31. The van der Waals surface area contributed by atoms with E-state index in [0.29, 0.717) is 18.9 Å². The molecule has 0 unspecified atom stereocenters. The highest BCUT2D eigenvalue weighted by Crippen LogP contribution is 2.19. The number of aromatic nitrogens is 1. The van der Waals surface area contributed by atoms with E-state index in [4.69, 9.17) is 0 Å². The number of nitrogens with one attached hydrogen (secondary N) is 2. The summed E-state index contributed by atoms with van der Waals surface area (Å²) in [5.74, 6) is 0.175. The molecule has 1 fully saturated rings. The van der Waals surface area contributed by atoms with E-state index >= 15 is 0 Å². The molecule has 2 amide bonds. The van der Waals surface area contributed by atoms with Crippen molar-refractivity contribution >= 4 is 23.2 Å². The molecule has 20 heavy (non-hydrogen) atoms. The molecule has 0 spiro atoms. The van der Waals surface area contributed by atoms with Crippen LogP contribution in [0.15, 0.2) is 5.38 Å². The molecule has 2 N–H and O–H groups in total. The third-order valence-electron chi connectivity index (χ3n) is 3.28. The van der Waals surface area contributed by atoms with Gasteiger partial charge in [-0.25, -0.2) is 4.98 Å². The molecule has 0 saturated carbocycles. The largest absolute Gasteiger partial charge is 0.354 e. The minimum Gasteiger partial charge on any atom is -0.354 e. The van der Waals surface area contributed by atoms with E-state index in [1.165, 1.54) is 0 Å². The Kier molecular flexibility index (Phi) is 5.11. The van der Waals surface area contributed by atoms with Crippen LogP contribution in [-0.4, -0.2) is 29.4 Å². The van der Waals surface area contributed by atoms with Gasteiger partial charge in [-0.3, -0.25) is 9.59 Å². The SMILES string of the molecule is CC(C)c1nc(CC(=O)N[C@H]2CCCCNC2=O)cs1. The molecule has 0 bridgehead atoms. The Balaban J connectivity index is 1.89. The molecule has 5 nitrogen and oxygen atoms in total. The first-order chi connectivity index (χ1) is 9.56. The maximum absolute atomic E-state index is 12.0. The van der Waals surface area contributed by atoms with Crippen molar-refractivity contribution in [3.8, 4) is 0 Å². The average molecular weight is 295 g/mol. The van der Waals surface area contributed by atoms with Gasteiger partial charge in [0, 0.05) is 17.8 Å². The summed E-state index contributed by atoms with van der Waals surface area (Å²) in [5, 5.41) is 8.59. The highest BCUT2D eigenvalue weighted by molar-refractivity contribution is 7.09. The molecule has 2 rings (SSSR count). The fourth-order valence-corrected chi connectivity index (χ4v) is 2.99. The smallest absolute Gasteiger partial charge is 0.242 e. The van der Waals surface area contributed by atoms with E-state index in [1.54, 1.807) is 11.3 Å². The van der Waals surface area contributed by atoms with Crippen molar-refractivity contribution in [3.63, 3.8) is 0 Å². The summed E-state index contributed by atoms with van der Waals surface area (Å²) in [7, 11) is 0. The Morgan fingerprint density at radius 3 is 3.05 bits per heavy atom. The van der Waals surface area contributed by atoms with Gasteiger partial charge in [-0.1, -0.05) is 13.8 Å². The van der Waals surface area contributed by atoms with Crippen molar-refractivity contribution < 1.29 is 9.59 Å². The topological polar surface area (TPSA) is 71.1 Å². The first-order valence-electron chi connectivity index (χ1n) is 7.07. The monoisotopic (exact) mass is 295 g/mol. The lowest BCUT2D eigenvalue weighted by Crippen LogP contribution is -2.46. The van der Waals surface area contributed by atoms with Gasteiger partial charge in [0.15, 0.2) is 0 Å². The Bertz CT molecular complexity index is 485. The van der Waals surface area contributed by atoms with E-state index < -0.39 is 6.04 Å². The number of carbonyl (C=O) groups is 2. The van der Waals surface area contributed by atoms with Gasteiger partial charge in [-0.2, -0.15) is 0 Å². The summed E-state index contributed by atoms with van der Waals surface area (Å²) >= 11 is 1.58. The fourth-order valence-electron chi connectivity index (χ4n) is 2.16. The van der Waals surface area contributed by atoms with E-state index in [0.717, 1.165) is 23.5 Å². The standard InChI is InChI=1S/C14H21N3O2S/c1-9(2)14-16-10(8-20-14)7-12(18)17-11-5-3-4-6-15-13(11)19/h8-9,11H,3-7H2,1-2H3,(H,15,19)(H,17,18)/t11-/m0/s1. The highest BCUT2D eigenvalue weighted by Gasteiger charge is 2.22. The van der Waals surface area contributed by atoms with Crippen molar-refractivity contribution in [2.75, 3.05) is 6.54 Å². The van der Waals surface area contributed by atoms with Crippen molar-refractivity contribution in [1.29, 1.82) is 0 Å². The van der Waals surface area contributed by atoms with Crippen molar-refractivity contribution in [2.45, 2.75) is 51.5 Å². The second kappa shape index (κ2) is 6.83. The number of nitrogens with zero attached hydrogens (tertiary/aromatic N) is 1. The Morgan fingerprint density at radius 1 is 1.55 bits per heavy atom. The fraction of sp³-hybridized carbons (Fsp3) is 0.643. The lowest BCUT2D eigenvalue weighted by Gasteiger charge is -2.14. The maximum Gasteiger partial charge on any atom is 0.242 e. The van der Waals surface area contributed by atoms with Crippen LogP contribution >= 0.6 is 11.3 Å². The van der Waals surface area contributed by atoms with Crippen molar-refractivity contribution in [1.82, 2.24) is 15.6 Å². The van der Waals surface area contributed by atoms with Gasteiger partial charge in [-0.15, -0.1) is 11.3 Å².